The molecule has 10 heteroatoms. The first-order chi connectivity index (χ1) is 14.8. The normalized spacial score (nSPS) is 14.8. The van der Waals surface area contributed by atoms with Crippen molar-refractivity contribution in [3.63, 3.8) is 0 Å². The Bertz CT molecular complexity index is 1060. The Morgan fingerprint density at radius 1 is 1.29 bits per heavy atom. The monoisotopic (exact) mass is 541 g/mol. The summed E-state index contributed by atoms with van der Waals surface area (Å²) in [6.45, 7) is 1.67. The number of carbonyl (C=O) groups is 2. The number of esters is 1. The molecule has 0 bridgehead atoms. The van der Waals surface area contributed by atoms with Crippen molar-refractivity contribution in [1.82, 2.24) is 0 Å². The van der Waals surface area contributed by atoms with Gasteiger partial charge in [0.15, 0.2) is 22.4 Å². The van der Waals surface area contributed by atoms with Gasteiger partial charge in [0.05, 0.1) is 29.3 Å². The highest BCUT2D eigenvalue weighted by Gasteiger charge is 2.33. The van der Waals surface area contributed by atoms with Gasteiger partial charge in [0.25, 0.3) is 5.91 Å². The van der Waals surface area contributed by atoms with Crippen LogP contribution in [0.3, 0.4) is 0 Å². The lowest BCUT2D eigenvalue weighted by atomic mass is 10.1. The third-order valence-electron chi connectivity index (χ3n) is 4.07. The molecule has 1 saturated heterocycles. The Morgan fingerprint density at radius 3 is 2.65 bits per heavy atom. The molecule has 31 heavy (non-hydrogen) atoms. The summed E-state index contributed by atoms with van der Waals surface area (Å²) in [4.78, 5) is 26.4. The summed E-state index contributed by atoms with van der Waals surface area (Å²) in [6, 6.07) is 10.6. The van der Waals surface area contributed by atoms with E-state index in [1.54, 1.807) is 25.1 Å². The van der Waals surface area contributed by atoms with Gasteiger partial charge in [0.2, 0.25) is 0 Å². The van der Waals surface area contributed by atoms with Crippen molar-refractivity contribution in [2.75, 3.05) is 25.2 Å². The second-order valence-electron chi connectivity index (χ2n) is 6.12. The van der Waals surface area contributed by atoms with Crippen LogP contribution in [0.1, 0.15) is 12.5 Å². The standard InChI is InChI=1S/C21H17BrClNO5S2/c1-3-28-18(25)11-29-19-15(23)8-12(9-16(19)27-2)10-17-20(26)24(21(30)31-17)14-6-4-13(22)5-7-14/h4-10H,3,11H2,1-2H3/b17-10-. The third kappa shape index (κ3) is 5.60. The molecule has 0 aliphatic carbocycles. The average molecular weight is 543 g/mol. The van der Waals surface area contributed by atoms with E-state index in [0.717, 1.165) is 4.47 Å². The fraction of sp³-hybridized carbons (Fsp3) is 0.190. The minimum absolute atomic E-state index is 0.219. The first-order valence-corrected chi connectivity index (χ1v) is 11.4. The summed E-state index contributed by atoms with van der Waals surface area (Å²) in [5.74, 6) is -0.195. The number of benzene rings is 2. The lowest BCUT2D eigenvalue weighted by molar-refractivity contribution is -0.145. The number of thioether (sulfide) groups is 1. The van der Waals surface area contributed by atoms with Crippen molar-refractivity contribution in [2.24, 2.45) is 0 Å². The van der Waals surface area contributed by atoms with Crippen LogP contribution < -0.4 is 14.4 Å². The van der Waals surface area contributed by atoms with Crippen LogP contribution in [0.15, 0.2) is 45.8 Å². The van der Waals surface area contributed by atoms with E-state index in [4.69, 9.17) is 38.0 Å². The predicted molar refractivity (Wildman–Crippen MR) is 130 cm³/mol. The molecular weight excluding hydrogens is 526 g/mol. The molecule has 6 nitrogen and oxygen atoms in total. The maximum Gasteiger partial charge on any atom is 0.344 e. The van der Waals surface area contributed by atoms with E-state index < -0.39 is 5.97 Å². The zero-order valence-electron chi connectivity index (χ0n) is 16.5. The van der Waals surface area contributed by atoms with Crippen LogP contribution in [0.5, 0.6) is 11.5 Å². The molecule has 0 saturated carbocycles. The topological polar surface area (TPSA) is 65.1 Å². The van der Waals surface area contributed by atoms with Crippen LogP contribution >= 0.6 is 51.5 Å². The number of hydrogen-bond donors (Lipinski definition) is 0. The van der Waals surface area contributed by atoms with Crippen LogP contribution in [0.2, 0.25) is 5.02 Å². The van der Waals surface area contributed by atoms with Gasteiger partial charge in [-0.2, -0.15) is 0 Å². The highest BCUT2D eigenvalue weighted by molar-refractivity contribution is 9.10. The summed E-state index contributed by atoms with van der Waals surface area (Å²) in [5, 5.41) is 0.235. The number of rotatable bonds is 7. The summed E-state index contributed by atoms with van der Waals surface area (Å²) in [7, 11) is 1.46. The third-order valence-corrected chi connectivity index (χ3v) is 6.18. The largest absolute Gasteiger partial charge is 0.493 e. The summed E-state index contributed by atoms with van der Waals surface area (Å²) in [5.41, 5.74) is 1.31. The van der Waals surface area contributed by atoms with Gasteiger partial charge in [-0.25, -0.2) is 4.79 Å². The van der Waals surface area contributed by atoms with E-state index in [2.05, 4.69) is 15.9 Å². The molecule has 0 radical (unpaired) electrons. The van der Waals surface area contributed by atoms with Crippen LogP contribution in [0, 0.1) is 0 Å². The molecule has 2 aromatic carbocycles. The van der Waals surface area contributed by atoms with Crippen molar-refractivity contribution in [3.05, 3.63) is 56.4 Å². The van der Waals surface area contributed by atoms with E-state index >= 15 is 0 Å². The van der Waals surface area contributed by atoms with Crippen LogP contribution in [0.25, 0.3) is 6.08 Å². The van der Waals surface area contributed by atoms with Crippen LogP contribution in [-0.2, 0) is 14.3 Å². The number of methoxy groups -OCH3 is 1. The Morgan fingerprint density at radius 2 is 2.00 bits per heavy atom. The average Bonchev–Trinajstić information content (AvgIpc) is 3.00. The number of amides is 1. The first kappa shape index (κ1) is 23.6. The number of nitrogens with zero attached hydrogens (tertiary/aromatic N) is 1. The molecule has 162 valence electrons. The zero-order chi connectivity index (χ0) is 22.5. The summed E-state index contributed by atoms with van der Waals surface area (Å²) >= 11 is 16.3. The molecule has 0 atom stereocenters. The van der Waals surface area contributed by atoms with Crippen molar-refractivity contribution in [3.8, 4) is 11.5 Å². The van der Waals surface area contributed by atoms with Gasteiger partial charge in [-0.3, -0.25) is 9.69 Å². The number of thiocarbonyl (C=S) groups is 1. The molecule has 0 spiro atoms. The maximum atomic E-state index is 12.9. The minimum Gasteiger partial charge on any atom is -0.493 e. The molecule has 0 N–H and O–H groups in total. The Balaban J connectivity index is 1.85. The first-order valence-electron chi connectivity index (χ1n) is 9.03. The Hall–Kier alpha value is -2.07. The predicted octanol–water partition coefficient (Wildman–Crippen LogP) is 5.46. The number of carbonyl (C=O) groups excluding carboxylic acids is 2. The fourth-order valence-corrected chi connectivity index (χ4v) is 4.57. The van der Waals surface area contributed by atoms with Crippen molar-refractivity contribution in [1.29, 1.82) is 0 Å². The van der Waals surface area contributed by atoms with Gasteiger partial charge in [-0.1, -0.05) is 51.5 Å². The van der Waals surface area contributed by atoms with Gasteiger partial charge in [0.1, 0.15) is 0 Å². The lowest BCUT2D eigenvalue weighted by Crippen LogP contribution is -2.27. The summed E-state index contributed by atoms with van der Waals surface area (Å²) < 4.78 is 17.0. The zero-order valence-corrected chi connectivity index (χ0v) is 20.5. The van der Waals surface area contributed by atoms with Gasteiger partial charge in [0, 0.05) is 4.47 Å². The lowest BCUT2D eigenvalue weighted by Gasteiger charge is -2.14. The second-order valence-corrected chi connectivity index (χ2v) is 9.12. The number of halogens is 2. The molecule has 1 amide bonds. The van der Waals surface area contributed by atoms with Crippen LogP contribution in [0.4, 0.5) is 5.69 Å². The van der Waals surface area contributed by atoms with Crippen molar-refractivity contribution >= 4 is 79.5 Å². The number of ether oxygens (including phenoxy) is 3. The van der Waals surface area contributed by atoms with Gasteiger partial charge >= 0.3 is 5.97 Å². The van der Waals surface area contributed by atoms with Gasteiger partial charge in [-0.15, -0.1) is 0 Å². The van der Waals surface area contributed by atoms with Crippen molar-refractivity contribution < 1.29 is 23.8 Å². The van der Waals surface area contributed by atoms with Gasteiger partial charge < -0.3 is 14.2 Å². The highest BCUT2D eigenvalue weighted by Crippen LogP contribution is 2.40. The van der Waals surface area contributed by atoms with E-state index in [1.807, 2.05) is 24.3 Å². The Labute approximate surface area is 202 Å². The second kappa shape index (κ2) is 10.5. The molecule has 1 heterocycles. The number of anilines is 1. The van der Waals surface area contributed by atoms with Crippen LogP contribution in [-0.4, -0.2) is 36.5 Å². The summed E-state index contributed by atoms with van der Waals surface area (Å²) in [6.07, 6.45) is 1.68. The van der Waals surface area contributed by atoms with Gasteiger partial charge in [-0.05, 0) is 55.0 Å². The molecule has 1 aliphatic heterocycles. The molecule has 1 aliphatic rings. The molecule has 0 unspecified atom stereocenters. The molecule has 0 aromatic heterocycles. The Kier molecular flexibility index (Phi) is 7.99. The quantitative estimate of drug-likeness (QED) is 0.262. The van der Waals surface area contributed by atoms with Crippen molar-refractivity contribution in [2.45, 2.75) is 6.92 Å². The minimum atomic E-state index is -0.513. The molecule has 1 fully saturated rings. The van der Waals surface area contributed by atoms with E-state index in [-0.39, 0.29) is 29.9 Å². The smallest absolute Gasteiger partial charge is 0.344 e. The fourth-order valence-electron chi connectivity index (χ4n) is 2.73. The molecular formula is C21H17BrClNO5S2. The number of hydrogen-bond acceptors (Lipinski definition) is 7. The maximum absolute atomic E-state index is 12.9. The van der Waals surface area contributed by atoms with E-state index in [0.29, 0.717) is 26.2 Å². The van der Waals surface area contributed by atoms with E-state index in [1.165, 1.54) is 23.8 Å². The SMILES string of the molecule is CCOC(=O)COc1c(Cl)cc(/C=C2\SC(=S)N(c3ccc(Br)cc3)C2=O)cc1OC. The molecule has 2 aromatic rings. The van der Waals surface area contributed by atoms with E-state index in [9.17, 15) is 9.59 Å². The molecule has 3 rings (SSSR count). The highest BCUT2D eigenvalue weighted by atomic mass is 79.9.